The van der Waals surface area contributed by atoms with Gasteiger partial charge >= 0.3 is 0 Å². The van der Waals surface area contributed by atoms with Crippen molar-refractivity contribution in [3.05, 3.63) is 53.6 Å². The van der Waals surface area contributed by atoms with Crippen LogP contribution in [0.4, 0.5) is 11.4 Å². The van der Waals surface area contributed by atoms with Crippen LogP contribution in [0.1, 0.15) is 15.9 Å². The van der Waals surface area contributed by atoms with Crippen LogP contribution in [0.25, 0.3) is 0 Å². The zero-order chi connectivity index (χ0) is 13.1. The van der Waals surface area contributed by atoms with Crippen LogP contribution in [0.15, 0.2) is 42.5 Å². The van der Waals surface area contributed by atoms with Gasteiger partial charge in [0.05, 0.1) is 0 Å². The predicted octanol–water partition coefficient (Wildman–Crippen LogP) is 2.54. The molecule has 0 saturated carbocycles. The largest absolute Gasteiger partial charge is 0.508 e. The van der Waals surface area contributed by atoms with Gasteiger partial charge in [-0.05, 0) is 48.9 Å². The van der Waals surface area contributed by atoms with E-state index >= 15 is 0 Å². The first-order valence-electron chi connectivity index (χ1n) is 5.53. The fourth-order valence-electron chi connectivity index (χ4n) is 1.72. The quantitative estimate of drug-likeness (QED) is 0.708. The Morgan fingerprint density at radius 1 is 1.22 bits per heavy atom. The van der Waals surface area contributed by atoms with Gasteiger partial charge in [0.2, 0.25) is 0 Å². The molecule has 2 rings (SSSR count). The molecule has 0 aliphatic rings. The average molecular weight is 242 g/mol. The van der Waals surface area contributed by atoms with Crippen molar-refractivity contribution < 1.29 is 9.90 Å². The lowest BCUT2D eigenvalue weighted by Crippen LogP contribution is -2.13. The first-order chi connectivity index (χ1) is 8.56. The van der Waals surface area contributed by atoms with Crippen LogP contribution < -0.4 is 11.1 Å². The van der Waals surface area contributed by atoms with Crippen molar-refractivity contribution in [2.24, 2.45) is 0 Å². The van der Waals surface area contributed by atoms with Gasteiger partial charge in [0.25, 0.3) is 5.91 Å². The fraction of sp³-hybridized carbons (Fsp3) is 0.0714. The summed E-state index contributed by atoms with van der Waals surface area (Å²) in [6, 6.07) is 11.6. The number of carbonyl (C=O) groups is 1. The van der Waals surface area contributed by atoms with Gasteiger partial charge in [0, 0.05) is 16.9 Å². The van der Waals surface area contributed by atoms with Crippen LogP contribution in [0.2, 0.25) is 0 Å². The van der Waals surface area contributed by atoms with Gasteiger partial charge in [0.1, 0.15) is 5.75 Å². The van der Waals surface area contributed by atoms with Crippen molar-refractivity contribution in [2.75, 3.05) is 11.1 Å². The molecule has 4 heteroatoms. The summed E-state index contributed by atoms with van der Waals surface area (Å²) in [5.74, 6) is -0.0777. The molecule has 0 radical (unpaired) electrons. The SMILES string of the molecule is Cc1cc(O)ccc1C(=O)Nc1cccc(N)c1. The molecule has 0 bridgehead atoms. The minimum atomic E-state index is -0.224. The van der Waals surface area contributed by atoms with Crippen molar-refractivity contribution in [3.63, 3.8) is 0 Å². The minimum absolute atomic E-state index is 0.146. The lowest BCUT2D eigenvalue weighted by Gasteiger charge is -2.08. The summed E-state index contributed by atoms with van der Waals surface area (Å²) in [5.41, 5.74) is 8.12. The Labute approximate surface area is 105 Å². The Hall–Kier alpha value is -2.49. The number of nitrogens with two attached hydrogens (primary N) is 1. The smallest absolute Gasteiger partial charge is 0.255 e. The van der Waals surface area contributed by atoms with Crippen molar-refractivity contribution in [1.29, 1.82) is 0 Å². The molecule has 0 spiro atoms. The monoisotopic (exact) mass is 242 g/mol. The van der Waals surface area contributed by atoms with Crippen LogP contribution in [-0.4, -0.2) is 11.0 Å². The second-order valence-electron chi connectivity index (χ2n) is 4.08. The maximum Gasteiger partial charge on any atom is 0.255 e. The molecule has 1 amide bonds. The van der Waals surface area contributed by atoms with E-state index in [-0.39, 0.29) is 11.7 Å². The second kappa shape index (κ2) is 4.79. The van der Waals surface area contributed by atoms with Gasteiger partial charge < -0.3 is 16.2 Å². The number of benzene rings is 2. The van der Waals surface area contributed by atoms with Crippen molar-refractivity contribution in [1.82, 2.24) is 0 Å². The number of anilines is 2. The Bertz CT molecular complexity index is 594. The number of aryl methyl sites for hydroxylation is 1. The summed E-state index contributed by atoms with van der Waals surface area (Å²) >= 11 is 0. The van der Waals surface area contributed by atoms with E-state index in [1.807, 2.05) is 0 Å². The van der Waals surface area contributed by atoms with Gasteiger partial charge in [-0.25, -0.2) is 0 Å². The molecule has 0 heterocycles. The Morgan fingerprint density at radius 3 is 2.67 bits per heavy atom. The number of nitrogen functional groups attached to an aromatic ring is 1. The molecular weight excluding hydrogens is 228 g/mol. The molecule has 2 aromatic carbocycles. The third-order valence-corrected chi connectivity index (χ3v) is 2.60. The Kier molecular flexibility index (Phi) is 3.19. The molecule has 0 aromatic heterocycles. The lowest BCUT2D eigenvalue weighted by atomic mass is 10.1. The van der Waals surface area contributed by atoms with Crippen LogP contribution in [0.5, 0.6) is 5.75 Å². The van der Waals surface area contributed by atoms with E-state index in [2.05, 4.69) is 5.32 Å². The number of aromatic hydroxyl groups is 1. The van der Waals surface area contributed by atoms with Crippen LogP contribution >= 0.6 is 0 Å². The molecule has 18 heavy (non-hydrogen) atoms. The number of rotatable bonds is 2. The zero-order valence-electron chi connectivity index (χ0n) is 9.97. The molecule has 92 valence electrons. The van der Waals surface area contributed by atoms with Crippen LogP contribution in [-0.2, 0) is 0 Å². The highest BCUT2D eigenvalue weighted by Gasteiger charge is 2.09. The van der Waals surface area contributed by atoms with Gasteiger partial charge in [-0.2, -0.15) is 0 Å². The minimum Gasteiger partial charge on any atom is -0.508 e. The maximum absolute atomic E-state index is 12.0. The standard InChI is InChI=1S/C14H14N2O2/c1-9-7-12(17)5-6-13(9)14(18)16-11-4-2-3-10(15)8-11/h2-8,17H,15H2,1H3,(H,16,18). The highest BCUT2D eigenvalue weighted by molar-refractivity contribution is 6.05. The first-order valence-corrected chi connectivity index (χ1v) is 5.53. The molecule has 4 N–H and O–H groups in total. The number of phenols is 1. The molecular formula is C14H14N2O2. The van der Waals surface area contributed by atoms with E-state index < -0.39 is 0 Å². The van der Waals surface area contributed by atoms with E-state index in [0.29, 0.717) is 16.9 Å². The molecule has 0 atom stereocenters. The summed E-state index contributed by atoms with van der Waals surface area (Å²) in [7, 11) is 0. The van der Waals surface area contributed by atoms with E-state index in [4.69, 9.17) is 5.73 Å². The van der Waals surface area contributed by atoms with Crippen molar-refractivity contribution >= 4 is 17.3 Å². The molecule has 2 aromatic rings. The van der Waals surface area contributed by atoms with Crippen molar-refractivity contribution in [3.8, 4) is 5.75 Å². The predicted molar refractivity (Wildman–Crippen MR) is 71.7 cm³/mol. The summed E-state index contributed by atoms with van der Waals surface area (Å²) in [6.07, 6.45) is 0. The summed E-state index contributed by atoms with van der Waals surface area (Å²) in [4.78, 5) is 12.0. The molecule has 4 nitrogen and oxygen atoms in total. The fourth-order valence-corrected chi connectivity index (χ4v) is 1.72. The topological polar surface area (TPSA) is 75.3 Å². The number of phenolic OH excluding ortho intramolecular Hbond substituents is 1. The van der Waals surface area contributed by atoms with Gasteiger partial charge in [-0.3, -0.25) is 4.79 Å². The van der Waals surface area contributed by atoms with Crippen molar-refractivity contribution in [2.45, 2.75) is 6.92 Å². The third kappa shape index (κ3) is 2.60. The van der Waals surface area contributed by atoms with Gasteiger partial charge in [-0.15, -0.1) is 0 Å². The molecule has 0 unspecified atom stereocenters. The third-order valence-electron chi connectivity index (χ3n) is 2.60. The zero-order valence-corrected chi connectivity index (χ0v) is 9.97. The van der Waals surface area contributed by atoms with E-state index in [1.165, 1.54) is 6.07 Å². The van der Waals surface area contributed by atoms with E-state index in [0.717, 1.165) is 5.56 Å². The average Bonchev–Trinajstić information content (AvgIpc) is 2.28. The summed E-state index contributed by atoms with van der Waals surface area (Å²) in [6.45, 7) is 1.77. The van der Waals surface area contributed by atoms with E-state index in [9.17, 15) is 9.90 Å². The molecule has 0 aliphatic carbocycles. The van der Waals surface area contributed by atoms with Gasteiger partial charge in [-0.1, -0.05) is 6.07 Å². The Morgan fingerprint density at radius 2 is 2.00 bits per heavy atom. The Balaban J connectivity index is 2.22. The first kappa shape index (κ1) is 12.0. The summed E-state index contributed by atoms with van der Waals surface area (Å²) in [5, 5.41) is 12.1. The number of nitrogens with one attached hydrogen (secondary N) is 1. The highest BCUT2D eigenvalue weighted by Crippen LogP contribution is 2.18. The number of carbonyl (C=O) groups excluding carboxylic acids is 1. The van der Waals surface area contributed by atoms with Crippen LogP contribution in [0.3, 0.4) is 0 Å². The lowest BCUT2D eigenvalue weighted by molar-refractivity contribution is 0.102. The van der Waals surface area contributed by atoms with E-state index in [1.54, 1.807) is 43.3 Å². The number of hydrogen-bond acceptors (Lipinski definition) is 3. The maximum atomic E-state index is 12.0. The van der Waals surface area contributed by atoms with Gasteiger partial charge in [0.15, 0.2) is 0 Å². The highest BCUT2D eigenvalue weighted by atomic mass is 16.3. The summed E-state index contributed by atoms with van der Waals surface area (Å²) < 4.78 is 0. The number of hydrogen-bond donors (Lipinski definition) is 3. The number of amides is 1. The second-order valence-corrected chi connectivity index (χ2v) is 4.08. The molecule has 0 fully saturated rings. The normalized spacial score (nSPS) is 10.1. The van der Waals surface area contributed by atoms with Crippen LogP contribution in [0, 0.1) is 6.92 Å². The molecule has 0 aliphatic heterocycles. The molecule has 0 saturated heterocycles.